The van der Waals surface area contributed by atoms with Gasteiger partial charge in [-0.2, -0.15) is 0 Å². The Morgan fingerprint density at radius 3 is 2.05 bits per heavy atom. The average Bonchev–Trinajstić information content (AvgIpc) is 0.750. The van der Waals surface area contributed by atoms with Crippen molar-refractivity contribution >= 4 is 101 Å². The lowest BCUT2D eigenvalue weighted by Crippen LogP contribution is -2.56. The maximum absolute atomic E-state index is 13.7. The maximum atomic E-state index is 13.7. The van der Waals surface area contributed by atoms with Crippen LogP contribution in [0.3, 0.4) is 0 Å². The number of thioether (sulfide) groups is 1. The second kappa shape index (κ2) is 45.2. The Labute approximate surface area is 803 Å². The molecule has 0 saturated carbocycles. The summed E-state index contributed by atoms with van der Waals surface area (Å²) < 4.78 is 82.5. The van der Waals surface area contributed by atoms with Gasteiger partial charge in [0.05, 0.1) is 41.2 Å². The monoisotopic (exact) mass is 1940 g/mol. The van der Waals surface area contributed by atoms with Crippen molar-refractivity contribution in [1.82, 2.24) is 15.1 Å². The minimum atomic E-state index is -4.15. The molecule has 7 aromatic carbocycles. The first-order valence-corrected chi connectivity index (χ1v) is 51.3. The molecule has 0 radical (unpaired) electrons. The summed E-state index contributed by atoms with van der Waals surface area (Å²) in [6.07, 6.45) is 5.43. The van der Waals surface area contributed by atoms with Gasteiger partial charge < -0.3 is 59.4 Å². The van der Waals surface area contributed by atoms with E-state index in [-0.39, 0.29) is 124 Å². The third-order valence-electron chi connectivity index (χ3n) is 26.0. The van der Waals surface area contributed by atoms with Gasteiger partial charge in [0.1, 0.15) is 41.4 Å². The number of ketones is 1. The number of unbranched alkanes of at least 4 members (excludes halogenated alkanes) is 2. The number of piperazine rings is 1. The van der Waals surface area contributed by atoms with Gasteiger partial charge in [0, 0.05) is 152 Å². The number of carbonyl (C=O) groups is 5. The maximum Gasteiger partial charge on any atom is 0.327 e. The summed E-state index contributed by atoms with van der Waals surface area (Å²) >= 11 is 7.95. The number of cyclic esters (lactones) is 1. The lowest BCUT2D eigenvalue weighted by molar-refractivity contribution is -0.176. The third kappa shape index (κ3) is 24.6. The largest absolute Gasteiger partial charge is 0.507 e. The van der Waals surface area contributed by atoms with E-state index in [0.29, 0.717) is 50.0 Å². The number of aromatic hydroxyl groups is 5. The number of anilines is 2. The Morgan fingerprint density at radius 1 is 0.721 bits per heavy atom. The highest BCUT2D eigenvalue weighted by molar-refractivity contribution is 7.99. The van der Waals surface area contributed by atoms with Gasteiger partial charge in [0.15, 0.2) is 60.0 Å². The minimum absolute atomic E-state index is 0.00198. The number of phenols is 5. The zero-order chi connectivity index (χ0) is 98.7. The lowest BCUT2D eigenvalue weighted by atomic mass is 9.73. The molecule has 4 heterocycles. The van der Waals surface area contributed by atoms with E-state index in [2.05, 4.69) is 63.4 Å². The number of esters is 3. The van der Waals surface area contributed by atoms with E-state index in [1.807, 2.05) is 63.2 Å². The molecule has 136 heavy (non-hydrogen) atoms. The fourth-order valence-corrected chi connectivity index (χ4v) is 22.2. The lowest BCUT2D eigenvalue weighted by Gasteiger charge is -2.39. The van der Waals surface area contributed by atoms with Crippen LogP contribution in [0.4, 0.5) is 11.4 Å². The number of para-hydroxylation sites is 1. The molecule has 14 rings (SSSR count). The van der Waals surface area contributed by atoms with Crippen LogP contribution in [0.1, 0.15) is 194 Å². The van der Waals surface area contributed by atoms with Gasteiger partial charge in [0.25, 0.3) is 0 Å². The van der Waals surface area contributed by atoms with E-state index in [0.717, 1.165) is 131 Å². The number of nitrogens with one attached hydrogen (secondary N) is 2. The van der Waals surface area contributed by atoms with Gasteiger partial charge in [-0.25, -0.2) is 16.8 Å². The van der Waals surface area contributed by atoms with E-state index < -0.39 is 130 Å². The average molecular weight is 1940 g/mol. The topological polar surface area (TPSA) is 403 Å². The molecule has 7 aromatic rings. The fourth-order valence-electron chi connectivity index (χ4n) is 18.8. The van der Waals surface area contributed by atoms with Crippen molar-refractivity contribution in [1.29, 1.82) is 0 Å². The van der Waals surface area contributed by atoms with Crippen LogP contribution in [-0.4, -0.2) is 197 Å². The van der Waals surface area contributed by atoms with Crippen LogP contribution in [0.5, 0.6) is 28.7 Å². The number of phenolic OH excluding ortho intramolecular Hbond substituents is 5. The molecular formula is C104H124ClN5O23S3. The molecule has 4 fully saturated rings. The molecule has 32 heteroatoms. The molecule has 6 unspecified atom stereocenters. The first kappa shape index (κ1) is 104. The number of hydrogen-bond donors (Lipinski definition) is 7. The number of halogens is 1. The summed E-state index contributed by atoms with van der Waals surface area (Å²) in [6.45, 7) is 30.0. The predicted octanol–water partition coefficient (Wildman–Crippen LogP) is 15.4. The van der Waals surface area contributed by atoms with Crippen molar-refractivity contribution in [3.8, 4) is 51.0 Å². The first-order valence-electron chi connectivity index (χ1n) is 46.4. The number of amides is 1. The van der Waals surface area contributed by atoms with Gasteiger partial charge in [0.2, 0.25) is 17.3 Å². The second-order valence-corrected chi connectivity index (χ2v) is 43.3. The molecule has 28 nitrogen and oxygen atoms in total. The number of morpholine rings is 1. The molecule has 0 bridgehead atoms. The van der Waals surface area contributed by atoms with Gasteiger partial charge in [-0.05, 0) is 184 Å². The number of rotatable bonds is 30. The van der Waals surface area contributed by atoms with E-state index in [9.17, 15) is 85.5 Å². The van der Waals surface area contributed by atoms with Crippen molar-refractivity contribution in [2.24, 2.45) is 23.2 Å². The van der Waals surface area contributed by atoms with E-state index >= 15 is 0 Å². The van der Waals surface area contributed by atoms with Gasteiger partial charge in [-0.1, -0.05) is 147 Å². The van der Waals surface area contributed by atoms with Crippen LogP contribution in [-0.2, 0) is 69.0 Å². The van der Waals surface area contributed by atoms with Crippen molar-refractivity contribution in [2.45, 2.75) is 204 Å². The molecule has 0 aromatic heterocycles. The minimum Gasteiger partial charge on any atom is -0.507 e. The standard InChI is InChI=1S/C49H60ClN3O6S3.C28H26O8.C27H38N2O9/c1-49(2)21-19-46(38-9-14-42(50)15-10-38)41(33-49)34-52-23-25-53(26-24-52)43-16-11-39(12-17-43)47(54)36-62(57,58)45-18-13-40(48(32-45)61(3,55)56)31-37(20-22-51-27-29-59-30-28-51)35-60-44-7-5-4-6-8-44;1-9(2)17-21-13(7-15(29)27(17)35)25(33)19(11(5)23(21)31)20-12(6)24(32)22-14(26(20)34)8-16(30)28(36)18(22)10(3)4;1-5-6-7-9-18-24(38-21(31)12-15(2)3)16(4)36-27(34)22-20(37-26(18)33)13-35-25(29-22)17-10-8-11-19(23(17)32)28-14-30/h4-18,32,37H,19-31,33-36H2,1-3H3;7-10,29,31,33,35H,1-6H3;8,10-11,14-16,18,20,22,24-25,29,32H,5-7,9,12-13H2,1-4H3,(H,28,30)/t37-;;/m0../s1. The van der Waals surface area contributed by atoms with Crippen LogP contribution in [0.15, 0.2) is 167 Å². The zero-order valence-electron chi connectivity index (χ0n) is 79.3. The summed E-state index contributed by atoms with van der Waals surface area (Å²) in [5, 5.41) is 60.0. The SMILES string of the molecule is CC1(C)CCC(c2ccc(Cl)cc2)=C(CN2CCN(c3ccc(C(=O)CS(=O)(=O)c4ccc(C[C@H](CCN5CCOCC5)CSc5ccccc5)c(S(C)(=O)=O)c4)cc3)CC2)C1.CCCCCC1C(=O)OC2COC(c3cccc(NC=O)c3O)NC2C(=O)OC(C)C1OC(=O)CC(C)C.Cc1c(-c2c(C)c(=O)c3c(C(C)C)c(=O)c(=O)cc-3c2=O)c(O)c2cc(O)c(O)c(C(C)C)c2c1O. The number of hydrogen-bond acceptors (Lipinski definition) is 28. The molecule has 7 N–H and O–H groups in total. The smallest absolute Gasteiger partial charge is 0.327 e. The number of allylic oxidation sites excluding steroid dienone is 1. The Balaban J connectivity index is 0.000000194. The predicted molar refractivity (Wildman–Crippen MR) is 527 cm³/mol. The van der Waals surface area contributed by atoms with Crippen LogP contribution >= 0.6 is 23.4 Å². The van der Waals surface area contributed by atoms with Crippen molar-refractivity contribution < 1.29 is 90.0 Å². The molecule has 3 aliphatic carbocycles. The van der Waals surface area contributed by atoms with E-state index in [1.54, 1.807) is 76.7 Å². The summed E-state index contributed by atoms with van der Waals surface area (Å²) in [5.41, 5.74) is 3.18. The van der Waals surface area contributed by atoms with Crippen molar-refractivity contribution in [3.05, 3.63) is 223 Å². The molecular weight excluding hydrogens is 1820 g/mol. The molecule has 4 saturated heterocycles. The quantitative estimate of drug-likeness (QED) is 0.00253. The molecule has 1 amide bonds. The fraction of sp³-hybridized carbons (Fsp3) is 0.452. The number of sulfone groups is 2. The van der Waals surface area contributed by atoms with Gasteiger partial charge in [-0.15, -0.1) is 11.8 Å². The Kier molecular flexibility index (Phi) is 34.6. The van der Waals surface area contributed by atoms with E-state index in [4.69, 9.17) is 35.3 Å². The van der Waals surface area contributed by atoms with Crippen LogP contribution < -0.4 is 37.2 Å². The van der Waals surface area contributed by atoms with E-state index in [1.165, 1.54) is 48.8 Å². The Bertz CT molecular complexity index is 6350. The summed E-state index contributed by atoms with van der Waals surface area (Å²) in [5.74, 6) is -5.76. The first-order chi connectivity index (χ1) is 64.5. The highest BCUT2D eigenvalue weighted by atomic mass is 35.5. The highest BCUT2D eigenvalue weighted by Crippen LogP contribution is 2.52. The number of carbonyl (C=O) groups excluding carboxylic acids is 5. The zero-order valence-corrected chi connectivity index (χ0v) is 82.5. The summed E-state index contributed by atoms with van der Waals surface area (Å²) in [4.78, 5) is 124. The van der Waals surface area contributed by atoms with Crippen LogP contribution in [0.2, 0.25) is 5.02 Å². The molecule has 7 aliphatic rings. The number of benzene rings is 9. The van der Waals surface area contributed by atoms with Crippen LogP contribution in [0.25, 0.3) is 38.6 Å². The van der Waals surface area contributed by atoms with Gasteiger partial charge >= 0.3 is 17.9 Å². The number of Topliss-reactive ketones (excluding diaryl/α,β-unsaturated/α-hetero) is 1. The Hall–Kier alpha value is -10.9. The summed E-state index contributed by atoms with van der Waals surface area (Å²) in [7, 11) is -7.94. The third-order valence-corrected chi connectivity index (χ3v) is 30.3. The Morgan fingerprint density at radius 2 is 1.40 bits per heavy atom. The number of ether oxygens (including phenoxy) is 5. The summed E-state index contributed by atoms with van der Waals surface area (Å²) in [6, 6.07) is 35.4. The van der Waals surface area contributed by atoms with Gasteiger partial charge in [-0.3, -0.25) is 58.3 Å². The molecule has 728 valence electrons. The van der Waals surface area contributed by atoms with Crippen molar-refractivity contribution in [3.63, 3.8) is 0 Å². The van der Waals surface area contributed by atoms with Crippen molar-refractivity contribution in [2.75, 3.05) is 100 Å². The number of fused-ring (bicyclic) bond motifs is 3. The molecule has 4 aliphatic heterocycles. The van der Waals surface area contributed by atoms with Crippen LogP contribution in [0, 0.1) is 37.0 Å². The molecule has 0 spiro atoms. The molecule has 7 atom stereocenters. The second-order valence-electron chi connectivity index (χ2n) is 37.8. The highest BCUT2D eigenvalue weighted by Gasteiger charge is 2.48. The number of nitrogens with zero attached hydrogens (tertiary/aromatic N) is 3. The normalized spacial score (nSPS) is 19.3.